The molecule has 1 aliphatic carbocycles. The second-order valence-electron chi connectivity index (χ2n) is 5.43. The fourth-order valence-corrected chi connectivity index (χ4v) is 2.60. The second-order valence-corrected chi connectivity index (χ2v) is 5.43. The Balaban J connectivity index is 1.54. The molecule has 0 radical (unpaired) electrons. The van der Waals surface area contributed by atoms with Crippen LogP contribution in [0.1, 0.15) is 25.7 Å². The molecule has 2 fully saturated rings. The van der Waals surface area contributed by atoms with E-state index in [0.29, 0.717) is 29.6 Å². The highest BCUT2D eigenvalue weighted by atomic mass is 16.5. The molecule has 0 atom stereocenters. The molecule has 1 saturated carbocycles. The summed E-state index contributed by atoms with van der Waals surface area (Å²) in [4.78, 5) is 22.4. The SMILES string of the molecule is COc1nccnc1NC1CCN(C(=O)C2CC2)CC1. The molecule has 108 valence electrons. The van der Waals surface area contributed by atoms with Crippen molar-refractivity contribution in [3.8, 4) is 5.88 Å². The lowest BCUT2D eigenvalue weighted by Crippen LogP contribution is -2.43. The van der Waals surface area contributed by atoms with Crippen molar-refractivity contribution < 1.29 is 9.53 Å². The number of nitrogens with one attached hydrogen (secondary N) is 1. The predicted octanol–water partition coefficient (Wildman–Crippen LogP) is 1.30. The van der Waals surface area contributed by atoms with Gasteiger partial charge in [-0.15, -0.1) is 0 Å². The minimum atomic E-state index is 0.319. The summed E-state index contributed by atoms with van der Waals surface area (Å²) in [5, 5.41) is 3.37. The number of carbonyl (C=O) groups is 1. The Labute approximate surface area is 118 Å². The van der Waals surface area contributed by atoms with Gasteiger partial charge in [0, 0.05) is 37.4 Å². The van der Waals surface area contributed by atoms with E-state index in [2.05, 4.69) is 15.3 Å². The van der Waals surface area contributed by atoms with Crippen LogP contribution in [-0.2, 0) is 4.79 Å². The lowest BCUT2D eigenvalue weighted by atomic mass is 10.0. The van der Waals surface area contributed by atoms with Crippen LogP contribution in [0.5, 0.6) is 5.88 Å². The molecule has 1 aliphatic heterocycles. The van der Waals surface area contributed by atoms with Gasteiger partial charge in [-0.1, -0.05) is 0 Å². The lowest BCUT2D eigenvalue weighted by Gasteiger charge is -2.32. The van der Waals surface area contributed by atoms with Gasteiger partial charge in [-0.3, -0.25) is 4.79 Å². The van der Waals surface area contributed by atoms with Crippen molar-refractivity contribution in [1.29, 1.82) is 0 Å². The summed E-state index contributed by atoms with van der Waals surface area (Å²) in [5.74, 6) is 1.87. The van der Waals surface area contributed by atoms with Crippen molar-refractivity contribution in [2.75, 3.05) is 25.5 Å². The van der Waals surface area contributed by atoms with E-state index in [-0.39, 0.29) is 0 Å². The Morgan fingerprint density at radius 1 is 1.25 bits per heavy atom. The summed E-state index contributed by atoms with van der Waals surface area (Å²) in [5.41, 5.74) is 0. The van der Waals surface area contributed by atoms with Gasteiger partial charge in [-0.25, -0.2) is 9.97 Å². The number of methoxy groups -OCH3 is 1. The maximum absolute atomic E-state index is 12.0. The maximum Gasteiger partial charge on any atom is 0.257 e. The molecule has 3 rings (SSSR count). The van der Waals surface area contributed by atoms with Gasteiger partial charge in [0.15, 0.2) is 5.82 Å². The second kappa shape index (κ2) is 5.64. The van der Waals surface area contributed by atoms with Crippen LogP contribution in [0.4, 0.5) is 5.82 Å². The number of aromatic nitrogens is 2. The molecule has 0 bridgehead atoms. The van der Waals surface area contributed by atoms with Crippen molar-refractivity contribution in [1.82, 2.24) is 14.9 Å². The van der Waals surface area contributed by atoms with Crippen LogP contribution in [0.3, 0.4) is 0 Å². The molecule has 1 amide bonds. The number of hydrogen-bond acceptors (Lipinski definition) is 5. The first-order chi connectivity index (χ1) is 9.78. The molecule has 1 aromatic heterocycles. The Kier molecular flexibility index (Phi) is 3.71. The van der Waals surface area contributed by atoms with Gasteiger partial charge in [0.25, 0.3) is 5.88 Å². The molecule has 6 nitrogen and oxygen atoms in total. The van der Waals surface area contributed by atoms with Crippen LogP contribution in [0, 0.1) is 5.92 Å². The number of rotatable bonds is 4. The van der Waals surface area contributed by atoms with Crippen molar-refractivity contribution in [2.24, 2.45) is 5.92 Å². The average molecular weight is 276 g/mol. The molecule has 20 heavy (non-hydrogen) atoms. The number of amides is 1. The maximum atomic E-state index is 12.0. The molecule has 1 saturated heterocycles. The molecular weight excluding hydrogens is 256 g/mol. The lowest BCUT2D eigenvalue weighted by molar-refractivity contribution is -0.133. The first-order valence-corrected chi connectivity index (χ1v) is 7.18. The van der Waals surface area contributed by atoms with Crippen molar-refractivity contribution >= 4 is 11.7 Å². The third-order valence-electron chi connectivity index (χ3n) is 3.93. The minimum absolute atomic E-state index is 0.319. The predicted molar refractivity (Wildman–Crippen MR) is 74.5 cm³/mol. The molecular formula is C14H20N4O2. The Morgan fingerprint density at radius 2 is 1.95 bits per heavy atom. The third-order valence-corrected chi connectivity index (χ3v) is 3.93. The van der Waals surface area contributed by atoms with E-state index in [4.69, 9.17) is 4.74 Å². The summed E-state index contributed by atoms with van der Waals surface area (Å²) in [6.07, 6.45) is 7.30. The Bertz CT molecular complexity index is 482. The highest BCUT2D eigenvalue weighted by Gasteiger charge is 2.34. The average Bonchev–Trinajstić information content (AvgIpc) is 3.32. The zero-order valence-electron chi connectivity index (χ0n) is 11.7. The van der Waals surface area contributed by atoms with Crippen molar-refractivity contribution in [3.05, 3.63) is 12.4 Å². The van der Waals surface area contributed by atoms with E-state index in [1.807, 2.05) is 4.90 Å². The smallest absolute Gasteiger partial charge is 0.257 e. The van der Waals surface area contributed by atoms with Gasteiger partial charge in [0.2, 0.25) is 5.91 Å². The van der Waals surface area contributed by atoms with Gasteiger partial charge in [-0.2, -0.15) is 0 Å². The van der Waals surface area contributed by atoms with Crippen LogP contribution in [0.2, 0.25) is 0 Å². The van der Waals surface area contributed by atoms with Crippen LogP contribution in [-0.4, -0.2) is 47.0 Å². The Hall–Kier alpha value is -1.85. The minimum Gasteiger partial charge on any atom is -0.478 e. The summed E-state index contributed by atoms with van der Waals surface area (Å²) >= 11 is 0. The first-order valence-electron chi connectivity index (χ1n) is 7.18. The molecule has 0 unspecified atom stereocenters. The monoisotopic (exact) mass is 276 g/mol. The fraction of sp³-hybridized carbons (Fsp3) is 0.643. The van der Waals surface area contributed by atoms with E-state index in [1.165, 1.54) is 0 Å². The highest BCUT2D eigenvalue weighted by Crippen LogP contribution is 2.32. The van der Waals surface area contributed by atoms with Crippen LogP contribution < -0.4 is 10.1 Å². The van der Waals surface area contributed by atoms with E-state index >= 15 is 0 Å². The zero-order valence-corrected chi connectivity index (χ0v) is 11.7. The van der Waals surface area contributed by atoms with Gasteiger partial charge in [-0.05, 0) is 25.7 Å². The van der Waals surface area contributed by atoms with Crippen LogP contribution in [0.15, 0.2) is 12.4 Å². The van der Waals surface area contributed by atoms with Crippen molar-refractivity contribution in [3.63, 3.8) is 0 Å². The molecule has 2 aliphatic rings. The van der Waals surface area contributed by atoms with E-state index in [1.54, 1.807) is 19.5 Å². The fourth-order valence-electron chi connectivity index (χ4n) is 2.60. The summed E-state index contributed by atoms with van der Waals surface area (Å²) in [6, 6.07) is 0.323. The van der Waals surface area contributed by atoms with Crippen LogP contribution >= 0.6 is 0 Å². The molecule has 1 aromatic rings. The van der Waals surface area contributed by atoms with Gasteiger partial charge >= 0.3 is 0 Å². The first kappa shape index (κ1) is 13.1. The largest absolute Gasteiger partial charge is 0.478 e. The van der Waals surface area contributed by atoms with Gasteiger partial charge < -0.3 is 15.0 Å². The number of carbonyl (C=O) groups excluding carboxylic acids is 1. The standard InChI is InChI=1S/C14H20N4O2/c1-20-13-12(15-6-7-16-13)17-11-4-8-18(9-5-11)14(19)10-2-3-10/h6-7,10-11H,2-5,8-9H2,1H3,(H,15,17). The summed E-state index contributed by atoms with van der Waals surface area (Å²) in [7, 11) is 1.59. The number of likely N-dealkylation sites (tertiary alicyclic amines) is 1. The normalized spacial score (nSPS) is 19.8. The van der Waals surface area contributed by atoms with Gasteiger partial charge in [0.1, 0.15) is 0 Å². The van der Waals surface area contributed by atoms with Crippen LogP contribution in [0.25, 0.3) is 0 Å². The molecule has 0 spiro atoms. The number of anilines is 1. The quantitative estimate of drug-likeness (QED) is 0.897. The van der Waals surface area contributed by atoms with E-state index in [0.717, 1.165) is 38.8 Å². The highest BCUT2D eigenvalue weighted by molar-refractivity contribution is 5.81. The molecule has 6 heteroatoms. The van der Waals surface area contributed by atoms with E-state index in [9.17, 15) is 4.79 Å². The van der Waals surface area contributed by atoms with Crippen molar-refractivity contribution in [2.45, 2.75) is 31.7 Å². The Morgan fingerprint density at radius 3 is 2.60 bits per heavy atom. The summed E-state index contributed by atoms with van der Waals surface area (Å²) in [6.45, 7) is 1.66. The van der Waals surface area contributed by atoms with E-state index < -0.39 is 0 Å². The number of nitrogens with zero attached hydrogens (tertiary/aromatic N) is 3. The zero-order chi connectivity index (χ0) is 13.9. The summed E-state index contributed by atoms with van der Waals surface area (Å²) < 4.78 is 5.19. The number of ether oxygens (including phenoxy) is 1. The number of hydrogen-bond donors (Lipinski definition) is 1. The third kappa shape index (κ3) is 2.84. The topological polar surface area (TPSA) is 67.4 Å². The number of piperidine rings is 1. The molecule has 2 heterocycles. The molecule has 1 N–H and O–H groups in total. The molecule has 0 aromatic carbocycles. The van der Waals surface area contributed by atoms with Gasteiger partial charge in [0.05, 0.1) is 7.11 Å².